The minimum Gasteiger partial charge on any atom is -0.495 e. The molecule has 0 amide bonds. The lowest BCUT2D eigenvalue weighted by Crippen LogP contribution is -2.31. The van der Waals surface area contributed by atoms with Crippen LogP contribution in [0.5, 0.6) is 5.75 Å². The summed E-state index contributed by atoms with van der Waals surface area (Å²) in [5.41, 5.74) is 2.14. The van der Waals surface area contributed by atoms with Gasteiger partial charge in [-0.2, -0.15) is 0 Å². The Morgan fingerprint density at radius 2 is 2.17 bits per heavy atom. The van der Waals surface area contributed by atoms with Crippen LogP contribution in [0.3, 0.4) is 0 Å². The maximum absolute atomic E-state index is 10.8. The van der Waals surface area contributed by atoms with Crippen LogP contribution >= 0.6 is 0 Å². The van der Waals surface area contributed by atoms with E-state index in [0.717, 1.165) is 17.9 Å². The van der Waals surface area contributed by atoms with Gasteiger partial charge in [0.2, 0.25) is 0 Å². The van der Waals surface area contributed by atoms with Crippen LogP contribution in [0.4, 0.5) is 5.69 Å². The molecule has 0 aliphatic heterocycles. The first-order valence-corrected chi connectivity index (χ1v) is 6.11. The van der Waals surface area contributed by atoms with Crippen LogP contribution in [0, 0.1) is 0 Å². The van der Waals surface area contributed by atoms with E-state index in [9.17, 15) is 4.79 Å². The molecule has 0 fully saturated rings. The average Bonchev–Trinajstić information content (AvgIpc) is 2.36. The summed E-state index contributed by atoms with van der Waals surface area (Å²) in [7, 11) is 3.52. The van der Waals surface area contributed by atoms with Crippen molar-refractivity contribution in [2.75, 3.05) is 19.1 Å². The second kappa shape index (κ2) is 6.28. The number of carboxylic acid groups (broad SMARTS) is 1. The number of ether oxygens (including phenoxy) is 1. The molecular formula is C14H21NO3. The number of carboxylic acids is 1. The zero-order valence-electron chi connectivity index (χ0n) is 11.4. The molecule has 0 aliphatic rings. The first kappa shape index (κ1) is 14.4. The number of anilines is 1. The van der Waals surface area contributed by atoms with Gasteiger partial charge in [0, 0.05) is 13.1 Å². The minimum atomic E-state index is -0.792. The lowest BCUT2D eigenvalue weighted by molar-refractivity contribution is -0.137. The van der Waals surface area contributed by atoms with Crippen LogP contribution < -0.4 is 9.64 Å². The van der Waals surface area contributed by atoms with E-state index in [2.05, 4.69) is 13.0 Å². The summed E-state index contributed by atoms with van der Waals surface area (Å²) in [4.78, 5) is 12.7. The monoisotopic (exact) mass is 251 g/mol. The van der Waals surface area contributed by atoms with E-state index in [-0.39, 0.29) is 12.5 Å². The van der Waals surface area contributed by atoms with Gasteiger partial charge in [0.15, 0.2) is 0 Å². The third kappa shape index (κ3) is 3.39. The van der Waals surface area contributed by atoms with Gasteiger partial charge in [0.25, 0.3) is 0 Å². The van der Waals surface area contributed by atoms with Gasteiger partial charge in [0.05, 0.1) is 19.2 Å². The van der Waals surface area contributed by atoms with Crippen molar-refractivity contribution in [3.8, 4) is 5.75 Å². The summed E-state index contributed by atoms with van der Waals surface area (Å²) in [6.07, 6.45) is 1.05. The highest BCUT2D eigenvalue weighted by Crippen LogP contribution is 2.30. The van der Waals surface area contributed by atoms with Gasteiger partial charge in [-0.1, -0.05) is 13.0 Å². The number of aryl methyl sites for hydroxylation is 1. The largest absolute Gasteiger partial charge is 0.495 e. The molecule has 0 saturated heterocycles. The highest BCUT2D eigenvalue weighted by Gasteiger charge is 2.17. The Balaban J connectivity index is 3.01. The van der Waals surface area contributed by atoms with E-state index in [4.69, 9.17) is 9.84 Å². The number of aliphatic carboxylic acids is 1. The second-order valence-corrected chi connectivity index (χ2v) is 4.42. The molecule has 1 aromatic carbocycles. The van der Waals surface area contributed by atoms with E-state index < -0.39 is 5.97 Å². The molecule has 0 aliphatic carbocycles. The van der Waals surface area contributed by atoms with Gasteiger partial charge >= 0.3 is 5.97 Å². The first-order chi connectivity index (χ1) is 8.49. The fourth-order valence-electron chi connectivity index (χ4n) is 1.86. The summed E-state index contributed by atoms with van der Waals surface area (Å²) in [5, 5.41) is 8.85. The molecule has 1 N–H and O–H groups in total. The average molecular weight is 251 g/mol. The smallest absolute Gasteiger partial charge is 0.305 e. The summed E-state index contributed by atoms with van der Waals surface area (Å²) < 4.78 is 5.33. The molecule has 0 saturated carbocycles. The number of hydrogen-bond acceptors (Lipinski definition) is 3. The molecule has 100 valence electrons. The fourth-order valence-corrected chi connectivity index (χ4v) is 1.86. The number of nitrogens with zero attached hydrogens (tertiary/aromatic N) is 1. The van der Waals surface area contributed by atoms with Gasteiger partial charge in [-0.25, -0.2) is 0 Å². The molecule has 0 aromatic heterocycles. The number of hydrogen-bond donors (Lipinski definition) is 1. The van der Waals surface area contributed by atoms with Crippen molar-refractivity contribution in [2.24, 2.45) is 0 Å². The lowest BCUT2D eigenvalue weighted by atomic mass is 10.1. The van der Waals surface area contributed by atoms with E-state index in [0.29, 0.717) is 0 Å². The number of rotatable bonds is 6. The topological polar surface area (TPSA) is 49.8 Å². The van der Waals surface area contributed by atoms with Gasteiger partial charge < -0.3 is 14.7 Å². The van der Waals surface area contributed by atoms with Gasteiger partial charge in [-0.05, 0) is 31.0 Å². The Morgan fingerprint density at radius 1 is 1.50 bits per heavy atom. The van der Waals surface area contributed by atoms with Crippen molar-refractivity contribution in [1.29, 1.82) is 0 Å². The Morgan fingerprint density at radius 3 is 2.67 bits per heavy atom. The standard InChI is InChI=1S/C14H21NO3/c1-5-11-6-7-13(18-4)12(9-11)15(3)10(2)8-14(16)17/h6-7,9-10H,5,8H2,1-4H3,(H,16,17). The van der Waals surface area contributed by atoms with Crippen LogP contribution in [0.1, 0.15) is 25.8 Å². The summed E-state index contributed by atoms with van der Waals surface area (Å²) >= 11 is 0. The highest BCUT2D eigenvalue weighted by molar-refractivity contribution is 5.69. The summed E-state index contributed by atoms with van der Waals surface area (Å²) in [5.74, 6) is -0.0214. The SMILES string of the molecule is CCc1ccc(OC)c(N(C)C(C)CC(=O)O)c1. The fraction of sp³-hybridized carbons (Fsp3) is 0.500. The van der Waals surface area contributed by atoms with Crippen LogP contribution in [0.25, 0.3) is 0 Å². The maximum Gasteiger partial charge on any atom is 0.305 e. The van der Waals surface area contributed by atoms with Gasteiger partial charge in [-0.15, -0.1) is 0 Å². The third-order valence-electron chi connectivity index (χ3n) is 3.16. The quantitative estimate of drug-likeness (QED) is 0.844. The van der Waals surface area contributed by atoms with Crippen molar-refractivity contribution < 1.29 is 14.6 Å². The van der Waals surface area contributed by atoms with Crippen LogP contribution in [-0.2, 0) is 11.2 Å². The molecule has 4 heteroatoms. The Bertz CT molecular complexity index is 418. The number of carbonyl (C=O) groups is 1. The zero-order chi connectivity index (χ0) is 13.7. The molecule has 1 rings (SSSR count). The molecule has 0 bridgehead atoms. The van der Waals surface area contributed by atoms with Crippen LogP contribution in [0.2, 0.25) is 0 Å². The Hall–Kier alpha value is -1.71. The maximum atomic E-state index is 10.8. The first-order valence-electron chi connectivity index (χ1n) is 6.11. The van der Waals surface area contributed by atoms with Crippen molar-refractivity contribution in [1.82, 2.24) is 0 Å². The summed E-state index contributed by atoms with van der Waals surface area (Å²) in [6, 6.07) is 5.93. The third-order valence-corrected chi connectivity index (χ3v) is 3.16. The Kier molecular flexibility index (Phi) is 5.01. The van der Waals surface area contributed by atoms with Crippen molar-refractivity contribution in [3.05, 3.63) is 23.8 Å². The highest BCUT2D eigenvalue weighted by atomic mass is 16.5. The molecule has 0 heterocycles. The van der Waals surface area contributed by atoms with Crippen molar-refractivity contribution in [3.63, 3.8) is 0 Å². The number of benzene rings is 1. The van der Waals surface area contributed by atoms with Gasteiger partial charge in [-0.3, -0.25) is 4.79 Å². The number of methoxy groups -OCH3 is 1. The van der Waals surface area contributed by atoms with E-state index in [1.54, 1.807) is 7.11 Å². The second-order valence-electron chi connectivity index (χ2n) is 4.42. The molecule has 0 radical (unpaired) electrons. The molecule has 1 atom stereocenters. The van der Waals surface area contributed by atoms with Crippen LogP contribution in [0.15, 0.2) is 18.2 Å². The van der Waals surface area contributed by atoms with E-state index >= 15 is 0 Å². The van der Waals surface area contributed by atoms with Crippen molar-refractivity contribution >= 4 is 11.7 Å². The molecular weight excluding hydrogens is 230 g/mol. The normalized spacial score (nSPS) is 12.0. The predicted molar refractivity (Wildman–Crippen MR) is 72.5 cm³/mol. The van der Waals surface area contributed by atoms with Gasteiger partial charge in [0.1, 0.15) is 5.75 Å². The van der Waals surface area contributed by atoms with E-state index in [1.165, 1.54) is 5.56 Å². The minimum absolute atomic E-state index is 0.0801. The lowest BCUT2D eigenvalue weighted by Gasteiger charge is -2.27. The molecule has 4 nitrogen and oxygen atoms in total. The van der Waals surface area contributed by atoms with Crippen molar-refractivity contribution in [2.45, 2.75) is 32.7 Å². The van der Waals surface area contributed by atoms with Crippen LogP contribution in [-0.4, -0.2) is 31.3 Å². The molecule has 1 aromatic rings. The molecule has 1 unspecified atom stereocenters. The predicted octanol–water partition coefficient (Wildman–Crippen LogP) is 2.56. The zero-order valence-corrected chi connectivity index (χ0v) is 11.4. The molecule has 0 spiro atoms. The molecule has 18 heavy (non-hydrogen) atoms. The summed E-state index contributed by atoms with van der Waals surface area (Å²) in [6.45, 7) is 3.98. The van der Waals surface area contributed by atoms with E-state index in [1.807, 2.05) is 31.0 Å². The Labute approximate surface area is 108 Å².